The fraction of sp³-hybridized carbons (Fsp3) is 0.286. The van der Waals surface area contributed by atoms with Crippen molar-refractivity contribution in [1.29, 1.82) is 0 Å². The Morgan fingerprint density at radius 1 is 1.07 bits per heavy atom. The lowest BCUT2D eigenvalue weighted by atomic mass is 9.98. The van der Waals surface area contributed by atoms with Crippen LogP contribution in [0.15, 0.2) is 65.8 Å². The van der Waals surface area contributed by atoms with Crippen LogP contribution < -0.4 is 11.2 Å². The van der Waals surface area contributed by atoms with Crippen molar-refractivity contribution in [2.24, 2.45) is 0 Å². The molecule has 1 atom stereocenters. The van der Waals surface area contributed by atoms with E-state index in [9.17, 15) is 4.79 Å². The van der Waals surface area contributed by atoms with Gasteiger partial charge in [-0.1, -0.05) is 72.4 Å². The van der Waals surface area contributed by atoms with Crippen molar-refractivity contribution in [2.45, 2.75) is 42.1 Å². The Morgan fingerprint density at radius 2 is 1.64 bits per heavy atom. The summed E-state index contributed by atoms with van der Waals surface area (Å²) in [6.07, 6.45) is 2.21. The van der Waals surface area contributed by atoms with Gasteiger partial charge in [0.1, 0.15) is 0 Å². The van der Waals surface area contributed by atoms with Gasteiger partial charge in [-0.15, -0.1) is 10.2 Å². The molecule has 1 unspecified atom stereocenters. The number of amides is 1. The summed E-state index contributed by atoms with van der Waals surface area (Å²) >= 11 is 1.33. The Morgan fingerprint density at radius 3 is 2.18 bits per heavy atom. The molecular formula is C21H23N5OS. The zero-order valence-corrected chi connectivity index (χ0v) is 16.5. The summed E-state index contributed by atoms with van der Waals surface area (Å²) in [5, 5.41) is 11.7. The molecule has 1 heterocycles. The number of nitrogens with one attached hydrogen (secondary N) is 1. The van der Waals surface area contributed by atoms with Crippen molar-refractivity contribution in [3.05, 3.63) is 77.6 Å². The number of benzene rings is 2. The zero-order chi connectivity index (χ0) is 19.5. The Kier molecular flexibility index (Phi) is 5.34. The average Bonchev–Trinajstić information content (AvgIpc) is 3.51. The van der Waals surface area contributed by atoms with E-state index in [1.165, 1.54) is 16.4 Å². The van der Waals surface area contributed by atoms with Gasteiger partial charge >= 0.3 is 0 Å². The number of aromatic nitrogens is 3. The summed E-state index contributed by atoms with van der Waals surface area (Å²) in [6.45, 7) is 1.86. The van der Waals surface area contributed by atoms with E-state index >= 15 is 0 Å². The highest BCUT2D eigenvalue weighted by Gasteiger charge is 2.31. The Labute approximate surface area is 168 Å². The first kappa shape index (κ1) is 18.6. The molecule has 2 aromatic carbocycles. The Bertz CT molecular complexity index is 900. The molecule has 0 radical (unpaired) electrons. The predicted molar refractivity (Wildman–Crippen MR) is 110 cm³/mol. The van der Waals surface area contributed by atoms with Crippen LogP contribution in [0.25, 0.3) is 0 Å². The molecule has 6 nitrogen and oxygen atoms in total. The van der Waals surface area contributed by atoms with Gasteiger partial charge in [0.15, 0.2) is 5.82 Å². The smallest absolute Gasteiger partial charge is 0.234 e. The summed E-state index contributed by atoms with van der Waals surface area (Å²) < 4.78 is 1.53. The van der Waals surface area contributed by atoms with Crippen molar-refractivity contribution in [3.63, 3.8) is 0 Å². The number of hydrogen-bond acceptors (Lipinski definition) is 5. The fourth-order valence-corrected chi connectivity index (χ4v) is 3.90. The van der Waals surface area contributed by atoms with Gasteiger partial charge in [-0.25, -0.2) is 4.68 Å². The van der Waals surface area contributed by atoms with Crippen molar-refractivity contribution >= 4 is 17.7 Å². The highest BCUT2D eigenvalue weighted by molar-refractivity contribution is 8.00. The number of nitrogens with zero attached hydrogens (tertiary/aromatic N) is 3. The van der Waals surface area contributed by atoms with E-state index in [-0.39, 0.29) is 17.2 Å². The largest absolute Gasteiger partial charge is 0.344 e. The summed E-state index contributed by atoms with van der Waals surface area (Å²) in [7, 11) is 0. The second-order valence-electron chi connectivity index (χ2n) is 7.01. The molecule has 28 heavy (non-hydrogen) atoms. The monoisotopic (exact) mass is 393 g/mol. The van der Waals surface area contributed by atoms with E-state index in [0.29, 0.717) is 11.1 Å². The van der Waals surface area contributed by atoms with Crippen LogP contribution >= 0.6 is 11.8 Å². The number of carbonyl (C=O) groups is 1. The molecule has 1 saturated carbocycles. The lowest BCUT2D eigenvalue weighted by Gasteiger charge is -2.22. The molecule has 1 amide bonds. The van der Waals surface area contributed by atoms with Gasteiger partial charge in [-0.3, -0.25) is 4.79 Å². The maximum atomic E-state index is 12.9. The van der Waals surface area contributed by atoms with Crippen LogP contribution in [-0.4, -0.2) is 26.0 Å². The predicted octanol–water partition coefficient (Wildman–Crippen LogP) is 3.26. The Hall–Kier alpha value is -2.80. The van der Waals surface area contributed by atoms with Crippen molar-refractivity contribution in [3.8, 4) is 0 Å². The van der Waals surface area contributed by atoms with E-state index in [0.717, 1.165) is 29.8 Å². The third-order valence-corrected chi connectivity index (χ3v) is 5.89. The van der Waals surface area contributed by atoms with E-state index in [1.807, 2.05) is 67.6 Å². The minimum Gasteiger partial charge on any atom is -0.344 e. The van der Waals surface area contributed by atoms with Crippen LogP contribution in [0.1, 0.15) is 48.7 Å². The van der Waals surface area contributed by atoms with Gasteiger partial charge in [0, 0.05) is 5.92 Å². The van der Waals surface area contributed by atoms with Gasteiger partial charge in [-0.2, -0.15) is 0 Å². The standard InChI is InChI=1S/C21H23N5OS/c1-14(28-21-25-24-19(26(21)22)17-12-13-17)20(27)23-18(15-8-4-2-5-9-15)16-10-6-3-7-11-16/h2-11,14,17-18H,12-13,22H2,1H3,(H,23,27). The third-order valence-electron chi connectivity index (χ3n) is 4.84. The molecule has 0 bridgehead atoms. The second-order valence-corrected chi connectivity index (χ2v) is 8.32. The van der Waals surface area contributed by atoms with Crippen LogP contribution in [0.5, 0.6) is 0 Å². The van der Waals surface area contributed by atoms with Crippen molar-refractivity contribution in [1.82, 2.24) is 20.2 Å². The van der Waals surface area contributed by atoms with E-state index in [1.54, 1.807) is 0 Å². The average molecular weight is 394 g/mol. The molecule has 7 heteroatoms. The lowest BCUT2D eigenvalue weighted by Crippen LogP contribution is -2.35. The summed E-state index contributed by atoms with van der Waals surface area (Å²) in [5.41, 5.74) is 2.08. The van der Waals surface area contributed by atoms with Crippen LogP contribution in [0.3, 0.4) is 0 Å². The molecular weight excluding hydrogens is 370 g/mol. The molecule has 1 fully saturated rings. The van der Waals surface area contributed by atoms with E-state index in [2.05, 4.69) is 15.5 Å². The molecule has 144 valence electrons. The van der Waals surface area contributed by atoms with E-state index < -0.39 is 0 Å². The summed E-state index contributed by atoms with van der Waals surface area (Å²) in [6, 6.07) is 19.7. The Balaban J connectivity index is 1.49. The van der Waals surface area contributed by atoms with Crippen molar-refractivity contribution < 1.29 is 4.79 Å². The zero-order valence-electron chi connectivity index (χ0n) is 15.7. The quantitative estimate of drug-likeness (QED) is 0.475. The molecule has 0 saturated heterocycles. The minimum absolute atomic E-state index is 0.0707. The molecule has 1 aliphatic rings. The van der Waals surface area contributed by atoms with E-state index in [4.69, 9.17) is 5.84 Å². The van der Waals surface area contributed by atoms with Gasteiger partial charge < -0.3 is 11.2 Å². The normalized spacial score (nSPS) is 14.8. The number of hydrogen-bond donors (Lipinski definition) is 2. The summed E-state index contributed by atoms with van der Waals surface area (Å²) in [4.78, 5) is 12.9. The molecule has 3 N–H and O–H groups in total. The molecule has 4 rings (SSSR count). The molecule has 1 aromatic heterocycles. The number of thioether (sulfide) groups is 1. The highest BCUT2D eigenvalue weighted by Crippen LogP contribution is 2.39. The van der Waals surface area contributed by atoms with Gasteiger partial charge in [0.05, 0.1) is 11.3 Å². The molecule has 0 spiro atoms. The van der Waals surface area contributed by atoms with Crippen molar-refractivity contribution in [2.75, 3.05) is 5.84 Å². The number of nitrogen functional groups attached to an aromatic ring is 1. The van der Waals surface area contributed by atoms with Gasteiger partial charge in [0.25, 0.3) is 0 Å². The van der Waals surface area contributed by atoms with Gasteiger partial charge in [0.2, 0.25) is 11.1 Å². The van der Waals surface area contributed by atoms with Crippen LogP contribution in [0, 0.1) is 0 Å². The number of carbonyl (C=O) groups excluding carboxylic acids is 1. The maximum absolute atomic E-state index is 12.9. The first-order valence-electron chi connectivity index (χ1n) is 9.41. The first-order chi connectivity index (χ1) is 13.6. The van der Waals surface area contributed by atoms with Crippen LogP contribution in [0.2, 0.25) is 0 Å². The topological polar surface area (TPSA) is 85.8 Å². The minimum atomic E-state index is -0.353. The third kappa shape index (κ3) is 4.04. The maximum Gasteiger partial charge on any atom is 0.234 e. The number of rotatable bonds is 7. The molecule has 1 aliphatic carbocycles. The SMILES string of the molecule is CC(Sc1nnc(C2CC2)n1N)C(=O)NC(c1ccccc1)c1ccccc1. The highest BCUT2D eigenvalue weighted by atomic mass is 32.2. The molecule has 0 aliphatic heterocycles. The van der Waals surface area contributed by atoms with Crippen LogP contribution in [0.4, 0.5) is 0 Å². The van der Waals surface area contributed by atoms with Gasteiger partial charge in [-0.05, 0) is 30.9 Å². The lowest BCUT2D eigenvalue weighted by molar-refractivity contribution is -0.120. The summed E-state index contributed by atoms with van der Waals surface area (Å²) in [5.74, 6) is 7.26. The first-order valence-corrected chi connectivity index (χ1v) is 10.3. The van der Waals surface area contributed by atoms with Crippen LogP contribution in [-0.2, 0) is 4.79 Å². The molecule has 3 aromatic rings. The number of nitrogens with two attached hydrogens (primary N) is 1. The second kappa shape index (κ2) is 8.06. The fourth-order valence-electron chi connectivity index (χ4n) is 3.11.